The fourth-order valence-electron chi connectivity index (χ4n) is 0.924. The summed E-state index contributed by atoms with van der Waals surface area (Å²) in [6.45, 7) is 6.91. The molecule has 3 atom stereocenters. The highest BCUT2D eigenvalue weighted by Gasteiger charge is 2.43. The highest BCUT2D eigenvalue weighted by atomic mass is 31.3. The molecule has 0 aromatic carbocycles. The van der Waals surface area contributed by atoms with Crippen molar-refractivity contribution < 1.29 is 46.0 Å². The second kappa shape index (κ2) is 6.67. The Balaban J connectivity index is 4.88. The van der Waals surface area contributed by atoms with Gasteiger partial charge in [-0.3, -0.25) is 9.05 Å². The molecule has 0 aliphatic rings. The molecule has 0 heterocycles. The summed E-state index contributed by atoms with van der Waals surface area (Å²) in [5.41, 5.74) is -1.17. The molecule has 3 unspecified atom stereocenters. The van der Waals surface area contributed by atoms with Crippen molar-refractivity contribution in [2.75, 3.05) is 0 Å². The maximum absolute atomic E-state index is 11.4. The van der Waals surface area contributed by atoms with Gasteiger partial charge in [-0.2, -0.15) is 8.62 Å². The van der Waals surface area contributed by atoms with Crippen LogP contribution in [0.1, 0.15) is 34.6 Å². The highest BCUT2D eigenvalue weighted by molar-refractivity contribution is 7.66. The van der Waals surface area contributed by atoms with Gasteiger partial charge in [-0.1, -0.05) is 0 Å². The van der Waals surface area contributed by atoms with E-state index in [1.54, 1.807) is 0 Å². The van der Waals surface area contributed by atoms with Crippen LogP contribution in [-0.2, 0) is 31.4 Å². The Morgan fingerprint density at radius 2 is 1.25 bits per heavy atom. The summed E-state index contributed by atoms with van der Waals surface area (Å²) in [7, 11) is -15.3. The monoisotopic (exact) mass is 356 g/mol. The molecule has 0 spiro atoms. The van der Waals surface area contributed by atoms with Crippen molar-refractivity contribution in [3.63, 3.8) is 0 Å². The number of hydrogen-bond acceptors (Lipinski definition) is 7. The third kappa shape index (κ3) is 10.2. The van der Waals surface area contributed by atoms with E-state index in [0.29, 0.717) is 0 Å². The SMILES string of the molecule is CC(C)OP(=O)(O)OP(=O)(O)OP(=O)(O)OC(C)(C)C. The lowest BCUT2D eigenvalue weighted by molar-refractivity contribution is 0.0774. The van der Waals surface area contributed by atoms with Crippen LogP contribution in [0.5, 0.6) is 0 Å². The molecule has 0 saturated carbocycles. The maximum Gasteiger partial charge on any atom is 0.490 e. The third-order valence-electron chi connectivity index (χ3n) is 1.15. The average molecular weight is 356 g/mol. The van der Waals surface area contributed by atoms with Crippen molar-refractivity contribution in [1.82, 2.24) is 0 Å². The van der Waals surface area contributed by atoms with Crippen molar-refractivity contribution in [2.45, 2.75) is 46.3 Å². The second-order valence-electron chi connectivity index (χ2n) is 4.93. The molecule has 0 aliphatic heterocycles. The summed E-state index contributed by atoms with van der Waals surface area (Å²) in [6.07, 6.45) is -0.794. The molecule has 0 aromatic heterocycles. The Morgan fingerprint density at radius 3 is 1.60 bits per heavy atom. The molecule has 20 heavy (non-hydrogen) atoms. The van der Waals surface area contributed by atoms with Crippen molar-refractivity contribution in [3.8, 4) is 0 Å². The molecule has 0 aliphatic carbocycles. The first kappa shape index (κ1) is 20.4. The number of rotatable bonds is 7. The Hall–Kier alpha value is 0.410. The molecule has 3 N–H and O–H groups in total. The standard InChI is InChI=1S/C7H19O10P3/c1-6(2)14-18(8,9)16-20(12,13)17-19(10,11)15-7(3,4)5/h6H,1-5H3,(H,8,9)(H,10,11)(H,12,13). The van der Waals surface area contributed by atoms with Gasteiger partial charge in [-0.15, -0.1) is 0 Å². The van der Waals surface area contributed by atoms with Crippen molar-refractivity contribution in [2.24, 2.45) is 0 Å². The molecule has 122 valence electrons. The van der Waals surface area contributed by atoms with Gasteiger partial charge in [0.2, 0.25) is 0 Å². The zero-order chi connectivity index (χ0) is 16.4. The Labute approximate surface area is 116 Å². The summed E-state index contributed by atoms with van der Waals surface area (Å²) in [4.78, 5) is 27.6. The van der Waals surface area contributed by atoms with Crippen molar-refractivity contribution in [3.05, 3.63) is 0 Å². The molecule has 0 fully saturated rings. The second-order valence-corrected chi connectivity index (χ2v) is 9.44. The van der Waals surface area contributed by atoms with Gasteiger partial charge in [0.1, 0.15) is 0 Å². The molecule has 0 aromatic rings. The zero-order valence-electron chi connectivity index (χ0n) is 11.6. The lowest BCUT2D eigenvalue weighted by Crippen LogP contribution is -2.17. The number of phosphoric ester groups is 2. The van der Waals surface area contributed by atoms with Crippen LogP contribution in [0.4, 0.5) is 0 Å². The van der Waals surface area contributed by atoms with E-state index in [0.717, 1.165) is 0 Å². The minimum atomic E-state index is -5.35. The summed E-state index contributed by atoms with van der Waals surface area (Å²) in [5.74, 6) is 0. The lowest BCUT2D eigenvalue weighted by Gasteiger charge is -2.24. The molecule has 0 radical (unpaired) electrons. The largest absolute Gasteiger partial charge is 0.490 e. The Bertz CT molecular complexity index is 466. The molecule has 0 bridgehead atoms. The fourth-order valence-corrected chi connectivity index (χ4v) is 4.91. The van der Waals surface area contributed by atoms with E-state index in [-0.39, 0.29) is 0 Å². The molecule has 10 nitrogen and oxygen atoms in total. The first-order valence-corrected chi connectivity index (χ1v) is 9.82. The van der Waals surface area contributed by atoms with Gasteiger partial charge in [0.15, 0.2) is 0 Å². The molecule has 0 saturated heterocycles. The molecule has 13 heteroatoms. The number of phosphoric acid groups is 3. The smallest absolute Gasteiger partial charge is 0.302 e. The third-order valence-corrected chi connectivity index (χ3v) is 5.91. The van der Waals surface area contributed by atoms with Crippen LogP contribution in [0, 0.1) is 0 Å². The van der Waals surface area contributed by atoms with Crippen LogP contribution in [0.15, 0.2) is 0 Å². The molecular weight excluding hydrogens is 337 g/mol. The van der Waals surface area contributed by atoms with E-state index in [1.165, 1.54) is 34.6 Å². The molecule has 0 rings (SSSR count). The van der Waals surface area contributed by atoms with Gasteiger partial charge in [0.05, 0.1) is 11.7 Å². The molecular formula is C7H19O10P3. The van der Waals surface area contributed by atoms with Crippen molar-refractivity contribution in [1.29, 1.82) is 0 Å². The summed E-state index contributed by atoms with van der Waals surface area (Å²) >= 11 is 0. The fraction of sp³-hybridized carbons (Fsp3) is 1.00. The van der Waals surface area contributed by atoms with Crippen LogP contribution in [0.25, 0.3) is 0 Å². The minimum absolute atomic E-state index is 0.794. The van der Waals surface area contributed by atoms with Crippen molar-refractivity contribution >= 4 is 23.5 Å². The highest BCUT2D eigenvalue weighted by Crippen LogP contribution is 2.68. The van der Waals surface area contributed by atoms with Gasteiger partial charge in [0.25, 0.3) is 0 Å². The van der Waals surface area contributed by atoms with E-state index < -0.39 is 35.2 Å². The van der Waals surface area contributed by atoms with E-state index in [4.69, 9.17) is 4.89 Å². The van der Waals surface area contributed by atoms with Gasteiger partial charge in [0, 0.05) is 0 Å². The predicted molar refractivity (Wildman–Crippen MR) is 68.7 cm³/mol. The van der Waals surface area contributed by atoms with Crippen LogP contribution in [-0.4, -0.2) is 26.4 Å². The first-order valence-electron chi connectivity index (χ1n) is 5.34. The average Bonchev–Trinajstić information content (AvgIpc) is 1.86. The van der Waals surface area contributed by atoms with Crippen LogP contribution in [0.3, 0.4) is 0 Å². The van der Waals surface area contributed by atoms with Gasteiger partial charge < -0.3 is 14.7 Å². The topological polar surface area (TPSA) is 149 Å². The van der Waals surface area contributed by atoms with E-state index >= 15 is 0 Å². The minimum Gasteiger partial charge on any atom is -0.302 e. The van der Waals surface area contributed by atoms with Gasteiger partial charge in [-0.25, -0.2) is 13.7 Å². The lowest BCUT2D eigenvalue weighted by atomic mass is 10.2. The van der Waals surface area contributed by atoms with E-state index in [9.17, 15) is 23.5 Å². The summed E-state index contributed by atoms with van der Waals surface area (Å²) in [5, 5.41) is 0. The van der Waals surface area contributed by atoms with Crippen LogP contribution in [0.2, 0.25) is 0 Å². The Kier molecular flexibility index (Phi) is 6.80. The van der Waals surface area contributed by atoms with Gasteiger partial charge in [-0.05, 0) is 34.6 Å². The zero-order valence-corrected chi connectivity index (χ0v) is 14.3. The maximum atomic E-state index is 11.4. The predicted octanol–water partition coefficient (Wildman–Crippen LogP) is 2.56. The van der Waals surface area contributed by atoms with E-state index in [1.807, 2.05) is 0 Å². The van der Waals surface area contributed by atoms with Crippen LogP contribution < -0.4 is 0 Å². The number of hydrogen-bond donors (Lipinski definition) is 3. The van der Waals surface area contributed by atoms with Gasteiger partial charge >= 0.3 is 23.5 Å². The quantitative estimate of drug-likeness (QED) is 0.581. The van der Waals surface area contributed by atoms with E-state index in [2.05, 4.69) is 17.7 Å². The first-order chi connectivity index (χ1) is 8.54. The normalized spacial score (nSPS) is 22.1. The molecule has 0 amide bonds. The van der Waals surface area contributed by atoms with Crippen LogP contribution >= 0.6 is 23.5 Å². The Morgan fingerprint density at radius 1 is 0.850 bits per heavy atom. The summed E-state index contributed by atoms with van der Waals surface area (Å²) in [6, 6.07) is 0. The summed E-state index contributed by atoms with van der Waals surface area (Å²) < 4.78 is 50.7.